The van der Waals surface area contributed by atoms with Crippen LogP contribution in [0.2, 0.25) is 0 Å². The number of carbonyl (C=O) groups excluding carboxylic acids is 4. The first kappa shape index (κ1) is 31.2. The second-order valence-corrected chi connectivity index (χ2v) is 9.94. The number of rotatable bonds is 12. The fraction of sp³-hybridized carbons (Fsp3) is 0.276. The topological polar surface area (TPSA) is 237 Å². The van der Waals surface area contributed by atoms with Crippen LogP contribution in [0.5, 0.6) is 0 Å². The average Bonchev–Trinajstić information content (AvgIpc) is 3.28. The van der Waals surface area contributed by atoms with Crippen molar-refractivity contribution in [3.8, 4) is 11.1 Å². The molecule has 15 heteroatoms. The molecular weight excluding hydrogens is 582 g/mol. The highest BCUT2D eigenvalue weighted by Gasteiger charge is 2.44. The summed E-state index contributed by atoms with van der Waals surface area (Å²) in [5, 5.41) is 42.3. The number of carboxylic acids is 3. The van der Waals surface area contributed by atoms with E-state index >= 15 is 0 Å². The maximum atomic E-state index is 12.9. The number of barbiturate groups is 1. The van der Waals surface area contributed by atoms with Gasteiger partial charge in [-0.15, -0.1) is 0 Å². The third kappa shape index (κ3) is 6.51. The Morgan fingerprint density at radius 3 is 1.98 bits per heavy atom. The number of ether oxygens (including phenoxy) is 1. The maximum Gasteiger partial charge on any atom is 0.407 e. The average molecular weight is 610 g/mol. The molecule has 1 saturated heterocycles. The van der Waals surface area contributed by atoms with E-state index in [1.54, 1.807) is 5.32 Å². The van der Waals surface area contributed by atoms with Crippen molar-refractivity contribution in [2.75, 3.05) is 6.61 Å². The summed E-state index contributed by atoms with van der Waals surface area (Å²) < 4.78 is 5.34. The molecule has 2 atom stereocenters. The fourth-order valence-corrected chi connectivity index (χ4v) is 5.14. The first-order valence-corrected chi connectivity index (χ1v) is 13.3. The Labute approximate surface area is 248 Å². The van der Waals surface area contributed by atoms with Crippen molar-refractivity contribution < 1.29 is 58.7 Å². The maximum absolute atomic E-state index is 12.9. The zero-order valence-electron chi connectivity index (χ0n) is 22.9. The molecule has 1 fully saturated rings. The molecule has 1 heterocycles. The first-order valence-electron chi connectivity index (χ1n) is 13.3. The summed E-state index contributed by atoms with van der Waals surface area (Å²) in [6.07, 6.45) is -3.68. The number of carbonyl (C=O) groups is 7. The quantitative estimate of drug-likeness (QED) is 0.115. The van der Waals surface area contributed by atoms with Gasteiger partial charge in [-0.25, -0.2) is 24.1 Å². The van der Waals surface area contributed by atoms with E-state index in [1.807, 2.05) is 48.5 Å². The van der Waals surface area contributed by atoms with Gasteiger partial charge in [-0.1, -0.05) is 48.5 Å². The molecule has 2 aromatic rings. The standard InChI is InChI=1S/C29H27N3O12/c33-21(23-24(36)31-28(42)32(25(23)37)20(27(40)41)10-12-22(34)35)11-9-19(26(38)39)30-29(43)44-13-18-16-7-3-1-5-14(16)15-6-2-4-8-17(15)18/h1-8,18-20,33H,9-13H2,(H,30,43)(H,34,35)(H,38,39)(H,40,41)(H,31,36,42)/b23-21-/t19?,20-/m0/s1. The van der Waals surface area contributed by atoms with Crippen molar-refractivity contribution >= 4 is 41.8 Å². The van der Waals surface area contributed by atoms with Crippen molar-refractivity contribution in [1.29, 1.82) is 0 Å². The van der Waals surface area contributed by atoms with Crippen LogP contribution in [0.4, 0.5) is 9.59 Å². The molecule has 2 aliphatic rings. The summed E-state index contributed by atoms with van der Waals surface area (Å²) in [5.41, 5.74) is 2.81. The van der Waals surface area contributed by atoms with Gasteiger partial charge in [-0.2, -0.15) is 0 Å². The number of hydrogen-bond donors (Lipinski definition) is 6. The van der Waals surface area contributed by atoms with Gasteiger partial charge in [0.15, 0.2) is 0 Å². The van der Waals surface area contributed by atoms with Crippen LogP contribution in [0.15, 0.2) is 59.9 Å². The summed E-state index contributed by atoms with van der Waals surface area (Å²) in [6, 6.07) is 10.1. The summed E-state index contributed by atoms with van der Waals surface area (Å²) in [5.74, 6) is -8.81. The smallest absolute Gasteiger partial charge is 0.407 e. The Balaban J connectivity index is 1.42. The van der Waals surface area contributed by atoms with E-state index in [0.29, 0.717) is 0 Å². The molecule has 6 N–H and O–H groups in total. The van der Waals surface area contributed by atoms with Crippen LogP contribution in [-0.4, -0.2) is 85.9 Å². The van der Waals surface area contributed by atoms with Crippen LogP contribution in [0.3, 0.4) is 0 Å². The number of benzene rings is 2. The number of fused-ring (bicyclic) bond motifs is 3. The van der Waals surface area contributed by atoms with Crippen molar-refractivity contribution in [3.63, 3.8) is 0 Å². The van der Waals surface area contributed by atoms with Crippen LogP contribution in [-0.2, 0) is 28.7 Å². The number of aliphatic hydroxyl groups is 1. The number of urea groups is 1. The van der Waals surface area contributed by atoms with E-state index in [2.05, 4.69) is 5.32 Å². The van der Waals surface area contributed by atoms with Gasteiger partial charge in [-0.05, 0) is 35.1 Å². The Morgan fingerprint density at radius 2 is 1.43 bits per heavy atom. The molecule has 44 heavy (non-hydrogen) atoms. The van der Waals surface area contributed by atoms with E-state index in [-0.39, 0.29) is 17.4 Å². The Morgan fingerprint density at radius 1 is 0.841 bits per heavy atom. The highest BCUT2D eigenvalue weighted by molar-refractivity contribution is 6.29. The number of nitrogens with one attached hydrogen (secondary N) is 2. The SMILES string of the molecule is O=C(O)CC[C@@H](C(=O)O)N1C(=O)NC(=O)/C(=C(/O)CCC(NC(=O)OCC2c3ccccc3-c3ccccc32)C(=O)O)C1=O. The number of imide groups is 2. The lowest BCUT2D eigenvalue weighted by Crippen LogP contribution is -2.60. The van der Waals surface area contributed by atoms with Crippen molar-refractivity contribution in [2.45, 2.75) is 43.7 Å². The molecule has 0 spiro atoms. The van der Waals surface area contributed by atoms with Crippen LogP contribution in [0, 0.1) is 0 Å². The Bertz CT molecular complexity index is 1540. The lowest BCUT2D eigenvalue weighted by molar-refractivity contribution is -0.149. The summed E-state index contributed by atoms with van der Waals surface area (Å²) >= 11 is 0. The third-order valence-electron chi connectivity index (χ3n) is 7.22. The number of aliphatic carboxylic acids is 3. The lowest BCUT2D eigenvalue weighted by Gasteiger charge is -2.31. The van der Waals surface area contributed by atoms with Gasteiger partial charge in [0.1, 0.15) is 30.0 Å². The summed E-state index contributed by atoms with van der Waals surface area (Å²) in [6.45, 7) is -0.105. The number of alkyl carbamates (subject to hydrolysis) is 1. The van der Waals surface area contributed by atoms with Crippen molar-refractivity contribution in [2.24, 2.45) is 0 Å². The molecule has 4 rings (SSSR count). The fourth-order valence-electron chi connectivity index (χ4n) is 5.14. The van der Waals surface area contributed by atoms with Crippen LogP contribution < -0.4 is 10.6 Å². The predicted molar refractivity (Wildman–Crippen MR) is 147 cm³/mol. The van der Waals surface area contributed by atoms with E-state index in [4.69, 9.17) is 9.84 Å². The van der Waals surface area contributed by atoms with Gasteiger partial charge in [0.2, 0.25) is 0 Å². The van der Waals surface area contributed by atoms with E-state index in [9.17, 15) is 48.9 Å². The lowest BCUT2D eigenvalue weighted by atomic mass is 9.98. The monoisotopic (exact) mass is 609 g/mol. The molecule has 15 nitrogen and oxygen atoms in total. The number of hydrogen-bond acceptors (Lipinski definition) is 9. The van der Waals surface area contributed by atoms with E-state index in [0.717, 1.165) is 22.3 Å². The molecular formula is C29H27N3O12. The number of amides is 5. The van der Waals surface area contributed by atoms with Gasteiger partial charge in [0.25, 0.3) is 11.8 Å². The van der Waals surface area contributed by atoms with Gasteiger partial charge in [-0.3, -0.25) is 19.7 Å². The zero-order valence-corrected chi connectivity index (χ0v) is 22.9. The Hall–Kier alpha value is -5.73. The molecule has 0 aromatic heterocycles. The molecule has 0 radical (unpaired) electrons. The van der Waals surface area contributed by atoms with Crippen LogP contribution in [0.1, 0.15) is 42.7 Å². The van der Waals surface area contributed by atoms with Gasteiger partial charge >= 0.3 is 30.0 Å². The number of aliphatic hydroxyl groups excluding tert-OH is 1. The number of allylic oxidation sites excluding steroid dienone is 1. The second kappa shape index (κ2) is 13.1. The Kier molecular flexibility index (Phi) is 9.26. The minimum absolute atomic E-state index is 0.0990. The third-order valence-corrected chi connectivity index (χ3v) is 7.22. The summed E-state index contributed by atoms with van der Waals surface area (Å²) in [7, 11) is 0. The molecule has 0 bridgehead atoms. The van der Waals surface area contributed by atoms with E-state index in [1.165, 1.54) is 0 Å². The minimum atomic E-state index is -1.98. The van der Waals surface area contributed by atoms with Gasteiger partial charge < -0.3 is 30.5 Å². The molecule has 230 valence electrons. The van der Waals surface area contributed by atoms with Gasteiger partial charge in [0, 0.05) is 18.8 Å². The first-order chi connectivity index (χ1) is 20.9. The number of nitrogens with zero attached hydrogens (tertiary/aromatic N) is 1. The van der Waals surface area contributed by atoms with Gasteiger partial charge in [0.05, 0.1) is 0 Å². The molecule has 2 aromatic carbocycles. The normalized spacial score (nSPS) is 16.7. The van der Waals surface area contributed by atoms with Crippen molar-refractivity contribution in [3.05, 3.63) is 71.0 Å². The molecule has 5 amide bonds. The zero-order chi connectivity index (χ0) is 32.1. The molecule has 0 saturated carbocycles. The van der Waals surface area contributed by atoms with Crippen LogP contribution in [0.25, 0.3) is 11.1 Å². The molecule has 1 aliphatic heterocycles. The van der Waals surface area contributed by atoms with Crippen LogP contribution >= 0.6 is 0 Å². The minimum Gasteiger partial charge on any atom is -0.511 e. The second-order valence-electron chi connectivity index (χ2n) is 9.94. The highest BCUT2D eigenvalue weighted by atomic mass is 16.5. The predicted octanol–water partition coefficient (Wildman–Crippen LogP) is 1.97. The van der Waals surface area contributed by atoms with E-state index < -0.39 is 90.9 Å². The highest BCUT2D eigenvalue weighted by Crippen LogP contribution is 2.44. The molecule has 1 aliphatic carbocycles. The largest absolute Gasteiger partial charge is 0.511 e. The molecule has 1 unspecified atom stereocenters. The summed E-state index contributed by atoms with van der Waals surface area (Å²) in [4.78, 5) is 84.6. The number of carboxylic acid groups (broad SMARTS) is 3. The van der Waals surface area contributed by atoms with Crippen molar-refractivity contribution in [1.82, 2.24) is 15.5 Å².